The molecule has 1 unspecified atom stereocenters. The van der Waals surface area contributed by atoms with E-state index in [1.807, 2.05) is 0 Å². The average molecular weight is 365 g/mol. The molecule has 2 fully saturated rings. The number of halogens is 1. The van der Waals surface area contributed by atoms with E-state index in [1.165, 1.54) is 7.11 Å². The number of nitrogens with zero attached hydrogens (tertiary/aromatic N) is 1. The third-order valence-corrected chi connectivity index (χ3v) is 4.82. The van der Waals surface area contributed by atoms with Crippen LogP contribution in [0.3, 0.4) is 0 Å². The van der Waals surface area contributed by atoms with Crippen LogP contribution in [0.4, 0.5) is 0 Å². The molecule has 0 radical (unpaired) electrons. The molecule has 0 aromatic rings. The molecule has 1 saturated carbocycles. The summed E-state index contributed by atoms with van der Waals surface area (Å²) in [6.45, 7) is 1.44. The molecule has 1 saturated heterocycles. The lowest BCUT2D eigenvalue weighted by Gasteiger charge is -2.47. The summed E-state index contributed by atoms with van der Waals surface area (Å²) < 4.78 is 6.99. The molecule has 2 atom stereocenters. The van der Waals surface area contributed by atoms with Crippen LogP contribution in [0.2, 0.25) is 0 Å². The van der Waals surface area contributed by atoms with Crippen molar-refractivity contribution in [1.29, 1.82) is 0 Å². The van der Waals surface area contributed by atoms with Gasteiger partial charge in [-0.2, -0.15) is 0 Å². The fraction of sp³-hybridized carbons (Fsp3) is 0.667. The van der Waals surface area contributed by atoms with Gasteiger partial charge < -0.3 is 9.84 Å². The van der Waals surface area contributed by atoms with Gasteiger partial charge in [-0.3, -0.25) is 9.59 Å². The number of methoxy groups -OCH3 is 1. The van der Waals surface area contributed by atoms with Crippen molar-refractivity contribution < 1.29 is 19.4 Å². The first-order valence-corrected chi connectivity index (χ1v) is 6.85. The van der Waals surface area contributed by atoms with Gasteiger partial charge in [0.05, 0.1) is 18.8 Å². The van der Waals surface area contributed by atoms with Gasteiger partial charge in [-0.1, -0.05) is 0 Å². The van der Waals surface area contributed by atoms with E-state index in [9.17, 15) is 9.59 Å². The normalized spacial score (nSPS) is 35.3. The molecule has 5 nitrogen and oxygen atoms in total. The average Bonchev–Trinajstić information content (AvgIpc) is 2.37. The van der Waals surface area contributed by atoms with Crippen LogP contribution in [-0.2, 0) is 14.3 Å². The zero-order valence-corrected chi connectivity index (χ0v) is 12.3. The Morgan fingerprint density at radius 3 is 3.00 bits per heavy atom. The van der Waals surface area contributed by atoms with Crippen molar-refractivity contribution in [2.45, 2.75) is 19.3 Å². The fourth-order valence-corrected chi connectivity index (χ4v) is 3.89. The lowest BCUT2D eigenvalue weighted by molar-refractivity contribution is -0.161. The molecule has 0 aromatic carbocycles. The van der Waals surface area contributed by atoms with E-state index >= 15 is 0 Å². The second-order valence-corrected chi connectivity index (χ2v) is 6.30. The lowest BCUT2D eigenvalue weighted by atomic mass is 9.61. The van der Waals surface area contributed by atoms with Crippen LogP contribution >= 0.6 is 22.9 Å². The minimum absolute atomic E-state index is 0.0205. The molecule has 2 rings (SSSR count). The Balaban J connectivity index is 2.37. The van der Waals surface area contributed by atoms with E-state index in [1.54, 1.807) is 0 Å². The van der Waals surface area contributed by atoms with Crippen LogP contribution in [0, 0.1) is 11.3 Å². The maximum absolute atomic E-state index is 12.2. The highest BCUT2D eigenvalue weighted by molar-refractivity contribution is 14.1. The number of Topliss-reactive ketones (excluding diaryl/α,β-unsaturated/α-hetero) is 1. The SMILES string of the molecule is COC(=O)[C@]12C/C(=C/O)C(=O)CC1CCN(I)C2. The molecular formula is C12H16INO4. The highest BCUT2D eigenvalue weighted by Gasteiger charge is 2.54. The third kappa shape index (κ3) is 2.16. The van der Waals surface area contributed by atoms with Crippen molar-refractivity contribution in [3.63, 3.8) is 0 Å². The number of piperidine rings is 1. The summed E-state index contributed by atoms with van der Waals surface area (Å²) in [7, 11) is 1.37. The number of carbonyl (C=O) groups excluding carboxylic acids is 2. The largest absolute Gasteiger partial charge is 0.515 e. The van der Waals surface area contributed by atoms with Gasteiger partial charge in [0.1, 0.15) is 0 Å². The van der Waals surface area contributed by atoms with Crippen molar-refractivity contribution >= 4 is 34.6 Å². The van der Waals surface area contributed by atoms with Crippen LogP contribution < -0.4 is 0 Å². The summed E-state index contributed by atoms with van der Waals surface area (Å²) in [6, 6.07) is 0. The molecule has 0 amide bonds. The molecule has 6 heteroatoms. The van der Waals surface area contributed by atoms with E-state index in [-0.39, 0.29) is 24.1 Å². The van der Waals surface area contributed by atoms with Crippen LogP contribution in [-0.4, -0.2) is 40.2 Å². The molecule has 1 aliphatic heterocycles. The first-order chi connectivity index (χ1) is 8.53. The van der Waals surface area contributed by atoms with Crippen molar-refractivity contribution in [2.75, 3.05) is 20.2 Å². The number of fused-ring (bicyclic) bond motifs is 1. The molecule has 2 aliphatic rings. The van der Waals surface area contributed by atoms with Crippen molar-refractivity contribution in [2.24, 2.45) is 11.3 Å². The maximum atomic E-state index is 12.2. The van der Waals surface area contributed by atoms with Gasteiger partial charge in [-0.25, -0.2) is 3.11 Å². The molecular weight excluding hydrogens is 349 g/mol. The summed E-state index contributed by atoms with van der Waals surface area (Å²) in [5.74, 6) is -0.309. The highest BCUT2D eigenvalue weighted by Crippen LogP contribution is 2.48. The second kappa shape index (κ2) is 5.16. The Labute approximate surface area is 120 Å². The van der Waals surface area contributed by atoms with Crippen molar-refractivity contribution in [1.82, 2.24) is 3.11 Å². The summed E-state index contributed by atoms with van der Waals surface area (Å²) in [6.07, 6.45) is 2.25. The third-order valence-electron chi connectivity index (χ3n) is 4.00. The zero-order valence-electron chi connectivity index (χ0n) is 10.2. The van der Waals surface area contributed by atoms with Gasteiger partial charge in [0.25, 0.3) is 0 Å². The van der Waals surface area contributed by atoms with E-state index in [2.05, 4.69) is 26.0 Å². The van der Waals surface area contributed by atoms with Gasteiger partial charge in [0.2, 0.25) is 0 Å². The van der Waals surface area contributed by atoms with Crippen LogP contribution in [0.15, 0.2) is 11.8 Å². The van der Waals surface area contributed by atoms with Crippen LogP contribution in [0.1, 0.15) is 19.3 Å². The number of rotatable bonds is 1. The number of hydrogen-bond acceptors (Lipinski definition) is 5. The Hall–Kier alpha value is -0.630. The topological polar surface area (TPSA) is 66.8 Å². The predicted molar refractivity (Wildman–Crippen MR) is 73.1 cm³/mol. The molecule has 18 heavy (non-hydrogen) atoms. The van der Waals surface area contributed by atoms with Crippen molar-refractivity contribution in [3.05, 3.63) is 11.8 Å². The molecule has 100 valence electrons. The van der Waals surface area contributed by atoms with E-state index in [4.69, 9.17) is 9.84 Å². The minimum atomic E-state index is -0.684. The molecule has 1 aliphatic carbocycles. The first kappa shape index (κ1) is 13.8. The number of carbonyl (C=O) groups is 2. The van der Waals surface area contributed by atoms with E-state index < -0.39 is 5.41 Å². The predicted octanol–water partition coefficient (Wildman–Crippen LogP) is 1.62. The van der Waals surface area contributed by atoms with E-state index in [0.29, 0.717) is 18.5 Å². The quantitative estimate of drug-likeness (QED) is 0.252. The Bertz CT molecular complexity index is 409. The monoisotopic (exact) mass is 365 g/mol. The van der Waals surface area contributed by atoms with Gasteiger partial charge in [0, 0.05) is 47.9 Å². The Morgan fingerprint density at radius 2 is 2.39 bits per heavy atom. The number of ether oxygens (including phenoxy) is 1. The van der Waals surface area contributed by atoms with Crippen molar-refractivity contribution in [3.8, 4) is 0 Å². The van der Waals surface area contributed by atoms with Gasteiger partial charge in [-0.15, -0.1) is 0 Å². The summed E-state index contributed by atoms with van der Waals surface area (Å²) in [4.78, 5) is 24.0. The lowest BCUT2D eigenvalue weighted by Crippen LogP contribution is -2.54. The molecule has 0 aromatic heterocycles. The van der Waals surface area contributed by atoms with Gasteiger partial charge in [-0.05, 0) is 18.8 Å². The fourth-order valence-electron chi connectivity index (χ4n) is 3.00. The molecule has 0 spiro atoms. The maximum Gasteiger partial charge on any atom is 0.313 e. The highest BCUT2D eigenvalue weighted by atomic mass is 127. The Morgan fingerprint density at radius 1 is 1.67 bits per heavy atom. The molecule has 1 heterocycles. The van der Waals surface area contributed by atoms with Crippen LogP contribution in [0.25, 0.3) is 0 Å². The second-order valence-electron chi connectivity index (χ2n) is 4.94. The number of aliphatic hydroxyl groups is 1. The van der Waals surface area contributed by atoms with E-state index in [0.717, 1.165) is 19.2 Å². The van der Waals surface area contributed by atoms with Gasteiger partial charge >= 0.3 is 5.97 Å². The minimum Gasteiger partial charge on any atom is -0.515 e. The Kier molecular flexibility index (Phi) is 3.96. The smallest absolute Gasteiger partial charge is 0.313 e. The number of ketones is 1. The number of allylic oxidation sites excluding steroid dienone is 1. The first-order valence-electron chi connectivity index (χ1n) is 5.89. The van der Waals surface area contributed by atoms with Gasteiger partial charge in [0.15, 0.2) is 5.78 Å². The summed E-state index contributed by atoms with van der Waals surface area (Å²) in [5, 5.41) is 9.14. The number of esters is 1. The standard InChI is InChI=1S/C12H16INO4/c1-18-11(17)12-5-8(6-15)10(16)4-9(12)2-3-14(13)7-12/h6,9,15H,2-5,7H2,1H3/b8-6-/t9?,12-/m0/s1. The number of hydrogen-bond donors (Lipinski definition) is 1. The summed E-state index contributed by atoms with van der Waals surface area (Å²) in [5.41, 5.74) is -0.347. The zero-order chi connectivity index (χ0) is 13.3. The van der Waals surface area contributed by atoms with Crippen LogP contribution in [0.5, 0.6) is 0 Å². The molecule has 1 N–H and O–H groups in total. The molecule has 0 bridgehead atoms. The number of aliphatic hydroxyl groups excluding tert-OH is 1. The summed E-state index contributed by atoms with van der Waals surface area (Å²) >= 11 is 2.19.